The van der Waals surface area contributed by atoms with E-state index in [0.29, 0.717) is 18.7 Å². The second-order valence-electron chi connectivity index (χ2n) is 4.29. The summed E-state index contributed by atoms with van der Waals surface area (Å²) in [5.41, 5.74) is -0.837. The van der Waals surface area contributed by atoms with E-state index in [1.54, 1.807) is 18.7 Å². The number of halogens is 4. The summed E-state index contributed by atoms with van der Waals surface area (Å²) in [7, 11) is 0. The SMILES string of the molecule is Fc1ccc(CNCCn2ccnc2)cc1C(F)(F)F. The maximum atomic E-state index is 13.1. The second-order valence-corrected chi connectivity index (χ2v) is 4.29. The zero-order valence-electron chi connectivity index (χ0n) is 10.5. The van der Waals surface area contributed by atoms with Crippen molar-refractivity contribution in [3.05, 3.63) is 53.9 Å². The molecule has 0 aliphatic heterocycles. The van der Waals surface area contributed by atoms with E-state index in [4.69, 9.17) is 0 Å². The molecule has 108 valence electrons. The summed E-state index contributed by atoms with van der Waals surface area (Å²) in [6.45, 7) is 1.49. The Morgan fingerprint density at radius 1 is 1.25 bits per heavy atom. The van der Waals surface area contributed by atoms with Crippen LogP contribution in [-0.4, -0.2) is 16.1 Å². The van der Waals surface area contributed by atoms with Crippen molar-refractivity contribution in [3.63, 3.8) is 0 Å². The zero-order valence-corrected chi connectivity index (χ0v) is 10.5. The molecule has 1 N–H and O–H groups in total. The van der Waals surface area contributed by atoms with Gasteiger partial charge in [0.2, 0.25) is 0 Å². The lowest BCUT2D eigenvalue weighted by atomic mass is 10.1. The molecule has 0 atom stereocenters. The highest BCUT2D eigenvalue weighted by molar-refractivity contribution is 5.27. The molecule has 0 aliphatic rings. The van der Waals surface area contributed by atoms with Crippen molar-refractivity contribution in [1.29, 1.82) is 0 Å². The molecule has 3 nitrogen and oxygen atoms in total. The molecule has 0 aliphatic carbocycles. The predicted molar refractivity (Wildman–Crippen MR) is 65.3 cm³/mol. The second kappa shape index (κ2) is 6.04. The minimum absolute atomic E-state index is 0.248. The fraction of sp³-hybridized carbons (Fsp3) is 0.308. The maximum Gasteiger partial charge on any atom is 0.419 e. The average molecular weight is 287 g/mol. The lowest BCUT2D eigenvalue weighted by molar-refractivity contribution is -0.140. The number of nitrogens with one attached hydrogen (secondary N) is 1. The third-order valence-corrected chi connectivity index (χ3v) is 2.77. The highest BCUT2D eigenvalue weighted by Gasteiger charge is 2.34. The molecule has 0 unspecified atom stereocenters. The molecular weight excluding hydrogens is 274 g/mol. The molecule has 0 spiro atoms. The third kappa shape index (κ3) is 3.80. The average Bonchev–Trinajstić information content (AvgIpc) is 2.88. The zero-order chi connectivity index (χ0) is 14.6. The molecule has 0 saturated heterocycles. The maximum absolute atomic E-state index is 13.1. The molecule has 20 heavy (non-hydrogen) atoms. The molecule has 0 fully saturated rings. The lowest BCUT2D eigenvalue weighted by Crippen LogP contribution is -2.19. The highest BCUT2D eigenvalue weighted by atomic mass is 19.4. The van der Waals surface area contributed by atoms with Crippen LogP contribution < -0.4 is 5.32 Å². The van der Waals surface area contributed by atoms with Gasteiger partial charge in [0, 0.05) is 32.0 Å². The largest absolute Gasteiger partial charge is 0.419 e. The van der Waals surface area contributed by atoms with Crippen LogP contribution >= 0.6 is 0 Å². The van der Waals surface area contributed by atoms with E-state index >= 15 is 0 Å². The summed E-state index contributed by atoms with van der Waals surface area (Å²) in [5, 5.41) is 3.00. The number of hydrogen-bond acceptors (Lipinski definition) is 2. The van der Waals surface area contributed by atoms with Gasteiger partial charge in [0.1, 0.15) is 5.82 Å². The van der Waals surface area contributed by atoms with Gasteiger partial charge in [-0.1, -0.05) is 6.07 Å². The van der Waals surface area contributed by atoms with E-state index < -0.39 is 17.6 Å². The Kier molecular flexibility index (Phi) is 4.39. The number of nitrogens with zero attached hydrogens (tertiary/aromatic N) is 2. The van der Waals surface area contributed by atoms with Gasteiger partial charge in [0.05, 0.1) is 11.9 Å². The first kappa shape index (κ1) is 14.5. The Morgan fingerprint density at radius 2 is 2.05 bits per heavy atom. The van der Waals surface area contributed by atoms with Crippen LogP contribution in [0.25, 0.3) is 0 Å². The summed E-state index contributed by atoms with van der Waals surface area (Å²) in [4.78, 5) is 3.88. The molecule has 0 bridgehead atoms. The molecular formula is C13H13F4N3. The highest BCUT2D eigenvalue weighted by Crippen LogP contribution is 2.31. The molecule has 2 rings (SSSR count). The summed E-state index contributed by atoms with van der Waals surface area (Å²) in [6, 6.07) is 3.02. The van der Waals surface area contributed by atoms with E-state index in [-0.39, 0.29) is 6.54 Å². The van der Waals surface area contributed by atoms with Crippen molar-refractivity contribution < 1.29 is 17.6 Å². The van der Waals surface area contributed by atoms with Crippen molar-refractivity contribution in [1.82, 2.24) is 14.9 Å². The fourth-order valence-electron chi connectivity index (χ4n) is 1.76. The van der Waals surface area contributed by atoms with Crippen molar-refractivity contribution in [3.8, 4) is 0 Å². The Balaban J connectivity index is 1.90. The number of rotatable bonds is 5. The van der Waals surface area contributed by atoms with Crippen LogP contribution in [0, 0.1) is 5.82 Å². The molecule has 0 saturated carbocycles. The first-order valence-corrected chi connectivity index (χ1v) is 5.99. The van der Waals surface area contributed by atoms with Gasteiger partial charge in [0.25, 0.3) is 0 Å². The van der Waals surface area contributed by atoms with Gasteiger partial charge < -0.3 is 9.88 Å². The normalized spacial score (nSPS) is 11.8. The molecule has 1 heterocycles. The topological polar surface area (TPSA) is 29.9 Å². The van der Waals surface area contributed by atoms with E-state index in [1.807, 2.05) is 4.57 Å². The lowest BCUT2D eigenvalue weighted by Gasteiger charge is -2.11. The van der Waals surface area contributed by atoms with Gasteiger partial charge >= 0.3 is 6.18 Å². The van der Waals surface area contributed by atoms with Crippen molar-refractivity contribution >= 4 is 0 Å². The quantitative estimate of drug-likeness (QED) is 0.677. The summed E-state index contributed by atoms with van der Waals surface area (Å²) in [5.74, 6) is -1.25. The van der Waals surface area contributed by atoms with Gasteiger partial charge in [-0.3, -0.25) is 0 Å². The molecule has 2 aromatic rings. The molecule has 1 aromatic carbocycles. The van der Waals surface area contributed by atoms with E-state index in [0.717, 1.165) is 12.1 Å². The van der Waals surface area contributed by atoms with Crippen molar-refractivity contribution in [2.75, 3.05) is 6.54 Å². The smallest absolute Gasteiger partial charge is 0.336 e. The number of aromatic nitrogens is 2. The van der Waals surface area contributed by atoms with Crippen LogP contribution in [0.1, 0.15) is 11.1 Å². The first-order valence-electron chi connectivity index (χ1n) is 5.99. The summed E-state index contributed by atoms with van der Waals surface area (Å²) in [6.07, 6.45) is 0.426. The monoisotopic (exact) mass is 287 g/mol. The van der Waals surface area contributed by atoms with Crippen molar-refractivity contribution in [2.45, 2.75) is 19.3 Å². The van der Waals surface area contributed by atoms with E-state index in [9.17, 15) is 17.6 Å². The Bertz CT molecular complexity index is 549. The summed E-state index contributed by atoms with van der Waals surface area (Å²) < 4.78 is 52.5. The molecule has 0 amide bonds. The van der Waals surface area contributed by atoms with Crippen LogP contribution in [0.5, 0.6) is 0 Å². The van der Waals surface area contributed by atoms with Crippen LogP contribution in [-0.2, 0) is 19.3 Å². The molecule has 0 radical (unpaired) electrons. The van der Waals surface area contributed by atoms with E-state index in [2.05, 4.69) is 10.3 Å². The van der Waals surface area contributed by atoms with Gasteiger partial charge in [-0.2, -0.15) is 13.2 Å². The Hall–Kier alpha value is -1.89. The minimum Gasteiger partial charge on any atom is -0.336 e. The molecule has 1 aromatic heterocycles. The van der Waals surface area contributed by atoms with Gasteiger partial charge in [0.15, 0.2) is 0 Å². The van der Waals surface area contributed by atoms with Gasteiger partial charge in [-0.25, -0.2) is 9.37 Å². The number of imidazole rings is 1. The Labute approximate surface area is 113 Å². The van der Waals surface area contributed by atoms with Crippen LogP contribution in [0.4, 0.5) is 17.6 Å². The predicted octanol–water partition coefficient (Wildman–Crippen LogP) is 2.83. The Morgan fingerprint density at radius 3 is 2.70 bits per heavy atom. The van der Waals surface area contributed by atoms with Gasteiger partial charge in [-0.15, -0.1) is 0 Å². The van der Waals surface area contributed by atoms with Crippen LogP contribution in [0.3, 0.4) is 0 Å². The fourth-order valence-corrected chi connectivity index (χ4v) is 1.76. The van der Waals surface area contributed by atoms with Gasteiger partial charge in [-0.05, 0) is 17.7 Å². The number of hydrogen-bond donors (Lipinski definition) is 1. The number of benzene rings is 1. The first-order chi connectivity index (χ1) is 9.47. The van der Waals surface area contributed by atoms with Crippen LogP contribution in [0.2, 0.25) is 0 Å². The number of alkyl halides is 3. The third-order valence-electron chi connectivity index (χ3n) is 2.77. The molecule has 7 heteroatoms. The van der Waals surface area contributed by atoms with E-state index in [1.165, 1.54) is 6.07 Å². The minimum atomic E-state index is -4.67. The van der Waals surface area contributed by atoms with Crippen molar-refractivity contribution in [2.24, 2.45) is 0 Å². The summed E-state index contributed by atoms with van der Waals surface area (Å²) >= 11 is 0. The standard InChI is InChI=1S/C13H13F4N3/c14-12-2-1-10(7-11(12)13(15,16)17)8-18-3-5-20-6-4-19-9-20/h1-2,4,6-7,9,18H,3,5,8H2. The van der Waals surface area contributed by atoms with Crippen LogP contribution in [0.15, 0.2) is 36.9 Å².